The highest BCUT2D eigenvalue weighted by molar-refractivity contribution is 8.00. The summed E-state index contributed by atoms with van der Waals surface area (Å²) in [4.78, 5) is 11.6. The van der Waals surface area contributed by atoms with Gasteiger partial charge in [0.1, 0.15) is 28.4 Å². The van der Waals surface area contributed by atoms with E-state index in [0.717, 1.165) is 41.6 Å². The van der Waals surface area contributed by atoms with Crippen LogP contribution in [0.4, 0.5) is 26.3 Å². The minimum Gasteiger partial charge on any atom is -0.290 e. The van der Waals surface area contributed by atoms with E-state index in [1.54, 1.807) is 0 Å². The van der Waals surface area contributed by atoms with Gasteiger partial charge < -0.3 is 0 Å². The highest BCUT2D eigenvalue weighted by Gasteiger charge is 2.34. The third kappa shape index (κ3) is 4.86. The van der Waals surface area contributed by atoms with E-state index in [1.165, 1.54) is 17.5 Å². The molecule has 0 atom stereocenters. The maximum absolute atomic E-state index is 12.9. The van der Waals surface area contributed by atoms with Gasteiger partial charge in [0, 0.05) is 30.2 Å². The van der Waals surface area contributed by atoms with E-state index in [1.807, 2.05) is 0 Å². The summed E-state index contributed by atoms with van der Waals surface area (Å²) in [6, 6.07) is 2.92. The van der Waals surface area contributed by atoms with E-state index in [4.69, 9.17) is 0 Å². The molecule has 0 saturated heterocycles. The Kier molecular flexibility index (Phi) is 5.83. The first-order chi connectivity index (χ1) is 15.8. The molecule has 0 radical (unpaired) electrons. The van der Waals surface area contributed by atoms with E-state index < -0.39 is 39.0 Å². The molecule has 4 rings (SSSR count). The monoisotopic (exact) mass is 522 g/mol. The molecular formula is C18H12F6N6O2S2. The number of aromatic nitrogens is 6. The number of sulfone groups is 1. The molecule has 180 valence electrons. The summed E-state index contributed by atoms with van der Waals surface area (Å²) in [6.07, 6.45) is -0.144. The molecule has 0 aliphatic heterocycles. The van der Waals surface area contributed by atoms with Crippen LogP contribution in [0.2, 0.25) is 0 Å². The normalized spacial score (nSPS) is 13.0. The van der Waals surface area contributed by atoms with Crippen molar-refractivity contribution in [3.8, 4) is 17.1 Å². The fourth-order valence-corrected chi connectivity index (χ4v) is 4.49. The summed E-state index contributed by atoms with van der Waals surface area (Å²) in [7, 11) is -3.94. The Labute approximate surface area is 191 Å². The molecule has 0 aliphatic carbocycles. The predicted molar refractivity (Wildman–Crippen MR) is 108 cm³/mol. The lowest BCUT2D eigenvalue weighted by molar-refractivity contribution is -0.141. The number of thioether (sulfide) groups is 1. The lowest BCUT2D eigenvalue weighted by Crippen LogP contribution is -2.10. The number of nitrogens with zero attached hydrogens (tertiary/aromatic N) is 6. The van der Waals surface area contributed by atoms with Gasteiger partial charge >= 0.3 is 11.7 Å². The topological polar surface area (TPSA) is 95.0 Å². The highest BCUT2D eigenvalue weighted by atomic mass is 32.2. The Hall–Kier alpha value is -3.14. The summed E-state index contributed by atoms with van der Waals surface area (Å²) in [6.45, 7) is 1.37. The molecule has 0 unspecified atom stereocenters. The summed E-state index contributed by atoms with van der Waals surface area (Å²) >= 11 is -0.431. The van der Waals surface area contributed by atoms with Crippen LogP contribution in [0.5, 0.6) is 0 Å². The summed E-state index contributed by atoms with van der Waals surface area (Å²) in [5.41, 5.74) is -5.81. The van der Waals surface area contributed by atoms with Crippen LogP contribution < -0.4 is 0 Å². The van der Waals surface area contributed by atoms with Crippen molar-refractivity contribution in [2.45, 2.75) is 28.5 Å². The van der Waals surface area contributed by atoms with Gasteiger partial charge in [0.25, 0.3) is 0 Å². The van der Waals surface area contributed by atoms with E-state index >= 15 is 0 Å². The fraction of sp³-hybridized carbons (Fsp3) is 0.222. The number of hydrogen-bond donors (Lipinski definition) is 0. The van der Waals surface area contributed by atoms with Crippen molar-refractivity contribution < 1.29 is 34.8 Å². The van der Waals surface area contributed by atoms with Crippen molar-refractivity contribution in [3.05, 3.63) is 48.8 Å². The van der Waals surface area contributed by atoms with Crippen molar-refractivity contribution in [2.24, 2.45) is 0 Å². The van der Waals surface area contributed by atoms with Crippen LogP contribution in [0.25, 0.3) is 22.7 Å². The smallest absolute Gasteiger partial charge is 0.290 e. The minimum absolute atomic E-state index is 0.0194. The SMILES string of the molecule is CCS(=O)(=O)c1cc(-n2ccc(C(F)(F)F)n2)cnc1-c1cn2cnc(SC(F)(F)F)cc2n1. The van der Waals surface area contributed by atoms with Gasteiger partial charge in [-0.25, -0.2) is 23.1 Å². The number of rotatable bonds is 5. The predicted octanol–water partition coefficient (Wildman–Crippen LogP) is 4.40. The van der Waals surface area contributed by atoms with Gasteiger partial charge in [-0.2, -0.15) is 31.4 Å². The first kappa shape index (κ1) is 24.0. The van der Waals surface area contributed by atoms with Crippen LogP contribution in [0.15, 0.2) is 53.0 Å². The van der Waals surface area contributed by atoms with Crippen LogP contribution >= 0.6 is 11.8 Å². The van der Waals surface area contributed by atoms with Crippen LogP contribution in [0.1, 0.15) is 12.6 Å². The van der Waals surface area contributed by atoms with Crippen molar-refractivity contribution in [2.75, 3.05) is 5.75 Å². The second kappa shape index (κ2) is 8.26. The van der Waals surface area contributed by atoms with Crippen LogP contribution in [0, 0.1) is 0 Å². The highest BCUT2D eigenvalue weighted by Crippen LogP contribution is 2.36. The number of fused-ring (bicyclic) bond motifs is 1. The minimum atomic E-state index is -4.69. The molecule has 0 saturated carbocycles. The average Bonchev–Trinajstić information content (AvgIpc) is 3.39. The molecule has 0 bridgehead atoms. The zero-order valence-electron chi connectivity index (χ0n) is 16.8. The van der Waals surface area contributed by atoms with Crippen LogP contribution in [-0.4, -0.2) is 48.8 Å². The Morgan fingerprint density at radius 1 is 1.09 bits per heavy atom. The third-order valence-electron chi connectivity index (χ3n) is 4.48. The third-order valence-corrected chi connectivity index (χ3v) is 6.89. The van der Waals surface area contributed by atoms with Gasteiger partial charge in [-0.05, 0) is 12.1 Å². The van der Waals surface area contributed by atoms with Gasteiger partial charge in [0.05, 0.1) is 22.5 Å². The first-order valence-corrected chi connectivity index (χ1v) is 11.7. The molecule has 4 heterocycles. The standard InChI is InChI=1S/C18H12F6N6O2S2/c1-2-34(31,32)12-5-10(30-4-3-13(28-30)17(19,20)21)7-25-16(12)11-8-29-9-26-15(6-14(29)27-11)33-18(22,23)24/h3-9H,2H2,1H3. The average molecular weight is 522 g/mol. The lowest BCUT2D eigenvalue weighted by atomic mass is 10.3. The molecule has 34 heavy (non-hydrogen) atoms. The van der Waals surface area contributed by atoms with Crippen LogP contribution in [0.3, 0.4) is 0 Å². The van der Waals surface area contributed by atoms with Crippen molar-refractivity contribution >= 4 is 27.2 Å². The van der Waals surface area contributed by atoms with E-state index in [9.17, 15) is 34.8 Å². The molecule has 0 spiro atoms. The summed E-state index contributed by atoms with van der Waals surface area (Å²) in [5, 5.41) is 3.05. The Balaban J connectivity index is 1.81. The molecular weight excluding hydrogens is 510 g/mol. The molecule has 4 aromatic rings. The van der Waals surface area contributed by atoms with Gasteiger partial charge in [-0.3, -0.25) is 9.38 Å². The number of hydrogen-bond acceptors (Lipinski definition) is 7. The zero-order valence-corrected chi connectivity index (χ0v) is 18.5. The summed E-state index contributed by atoms with van der Waals surface area (Å²) in [5.74, 6) is -0.348. The molecule has 0 N–H and O–H groups in total. The van der Waals surface area contributed by atoms with Gasteiger partial charge in [-0.1, -0.05) is 6.92 Å². The van der Waals surface area contributed by atoms with Crippen molar-refractivity contribution in [1.82, 2.24) is 29.1 Å². The first-order valence-electron chi connectivity index (χ1n) is 9.24. The largest absolute Gasteiger partial charge is 0.447 e. The quantitative estimate of drug-likeness (QED) is 0.218. The Morgan fingerprint density at radius 3 is 2.44 bits per heavy atom. The molecule has 0 aromatic carbocycles. The fourth-order valence-electron chi connectivity index (χ4n) is 2.93. The maximum atomic E-state index is 12.9. The van der Waals surface area contributed by atoms with Gasteiger partial charge in [-0.15, -0.1) is 0 Å². The van der Waals surface area contributed by atoms with E-state index in [0.29, 0.717) is 0 Å². The molecule has 0 aliphatic rings. The molecule has 16 heteroatoms. The number of pyridine rings is 1. The lowest BCUT2D eigenvalue weighted by Gasteiger charge is -2.10. The van der Waals surface area contributed by atoms with Crippen LogP contribution in [-0.2, 0) is 16.0 Å². The molecule has 4 aromatic heterocycles. The zero-order chi connectivity index (χ0) is 24.9. The Morgan fingerprint density at radius 2 is 1.82 bits per heavy atom. The van der Waals surface area contributed by atoms with E-state index in [2.05, 4.69) is 20.1 Å². The van der Waals surface area contributed by atoms with Crippen molar-refractivity contribution in [3.63, 3.8) is 0 Å². The molecule has 0 fully saturated rings. The number of imidazole rings is 1. The molecule has 0 amide bonds. The Bertz CT molecular complexity index is 1480. The molecule has 8 nitrogen and oxygen atoms in total. The summed E-state index contributed by atoms with van der Waals surface area (Å²) < 4.78 is 104. The van der Waals surface area contributed by atoms with Gasteiger partial charge in [0.15, 0.2) is 15.5 Å². The van der Waals surface area contributed by atoms with E-state index in [-0.39, 0.29) is 38.4 Å². The number of halogens is 6. The van der Waals surface area contributed by atoms with Crippen molar-refractivity contribution in [1.29, 1.82) is 0 Å². The number of alkyl halides is 6. The van der Waals surface area contributed by atoms with Gasteiger partial charge in [0.2, 0.25) is 0 Å². The maximum Gasteiger partial charge on any atom is 0.447 e. The second-order valence-corrected chi connectivity index (χ2v) is 10.1. The second-order valence-electron chi connectivity index (χ2n) is 6.75.